The third kappa shape index (κ3) is 3.66. The molecule has 1 aliphatic rings. The Morgan fingerprint density at radius 3 is 2.75 bits per heavy atom. The number of nitrogens with one attached hydrogen (secondary N) is 1. The number of hydrogen-bond acceptors (Lipinski definition) is 6. The highest BCUT2D eigenvalue weighted by Gasteiger charge is 2.28. The Balaban J connectivity index is 0.00000208. The van der Waals surface area contributed by atoms with Crippen LogP contribution in [-0.4, -0.2) is 28.5 Å². The van der Waals surface area contributed by atoms with Gasteiger partial charge in [-0.15, -0.1) is 0 Å². The number of pyridine rings is 1. The van der Waals surface area contributed by atoms with Crippen LogP contribution >= 0.6 is 0 Å². The maximum absolute atomic E-state index is 12.3. The van der Waals surface area contributed by atoms with Crippen LogP contribution in [0.2, 0.25) is 0 Å². The molecular formula is C16H19N5O3. The van der Waals surface area contributed by atoms with Gasteiger partial charge in [-0.1, -0.05) is 18.2 Å². The lowest BCUT2D eigenvalue weighted by Gasteiger charge is -2.26. The molecule has 1 unspecified atom stereocenters. The number of nitrogens with zero attached hydrogens (tertiary/aromatic N) is 3. The van der Waals surface area contributed by atoms with E-state index in [1.807, 2.05) is 23.1 Å². The molecule has 2 aromatic rings. The summed E-state index contributed by atoms with van der Waals surface area (Å²) >= 11 is 0. The van der Waals surface area contributed by atoms with Crippen LogP contribution in [0.4, 0.5) is 11.5 Å². The van der Waals surface area contributed by atoms with Gasteiger partial charge in [0.2, 0.25) is 0 Å². The van der Waals surface area contributed by atoms with Crippen molar-refractivity contribution in [2.75, 3.05) is 11.4 Å². The minimum atomic E-state index is -0.446. The Morgan fingerprint density at radius 1 is 1.29 bits per heavy atom. The normalized spacial score (nSPS) is 16.3. The molecule has 126 valence electrons. The molecule has 0 bridgehead atoms. The lowest BCUT2D eigenvalue weighted by atomic mass is 10.2. The number of aromatic nitrogens is 1. The zero-order chi connectivity index (χ0) is 16.2. The van der Waals surface area contributed by atoms with E-state index >= 15 is 0 Å². The maximum Gasteiger partial charge on any atom is 0.274 e. The number of hydrogen-bond donors (Lipinski definition) is 2. The molecule has 1 amide bonds. The van der Waals surface area contributed by atoms with Crippen LogP contribution in [-0.2, 0) is 0 Å². The van der Waals surface area contributed by atoms with Crippen molar-refractivity contribution in [3.8, 4) is 0 Å². The minimum absolute atomic E-state index is 0. The largest absolute Gasteiger partial charge is 0.344 e. The molecular weight excluding hydrogens is 310 g/mol. The molecule has 1 fully saturated rings. The van der Waals surface area contributed by atoms with Gasteiger partial charge in [-0.3, -0.25) is 14.9 Å². The van der Waals surface area contributed by atoms with E-state index in [1.165, 1.54) is 18.3 Å². The standard InChI is InChI=1S/C16H16N4O3.H3N/c21-16(12-5-2-1-3-6-12)18-14-7-4-10-19(14)15-11-13(20(22)23)8-9-17-15;/h1-3,5-6,8-9,11,14H,4,7,10H2,(H,18,21);1H3. The molecule has 2 heterocycles. The van der Waals surface area contributed by atoms with E-state index in [-0.39, 0.29) is 23.9 Å². The van der Waals surface area contributed by atoms with Gasteiger partial charge in [-0.05, 0) is 25.0 Å². The molecule has 1 aromatic heterocycles. The van der Waals surface area contributed by atoms with Gasteiger partial charge in [0.1, 0.15) is 12.0 Å². The Labute approximate surface area is 139 Å². The van der Waals surface area contributed by atoms with E-state index in [2.05, 4.69) is 10.3 Å². The number of nitro groups is 1. The molecule has 0 saturated carbocycles. The van der Waals surface area contributed by atoms with Gasteiger partial charge in [-0.2, -0.15) is 0 Å². The number of anilines is 1. The lowest BCUT2D eigenvalue weighted by Crippen LogP contribution is -2.44. The Morgan fingerprint density at radius 2 is 2.04 bits per heavy atom. The van der Waals surface area contributed by atoms with Gasteiger partial charge in [0.15, 0.2) is 0 Å². The highest BCUT2D eigenvalue weighted by molar-refractivity contribution is 5.94. The van der Waals surface area contributed by atoms with Crippen molar-refractivity contribution in [1.82, 2.24) is 16.5 Å². The SMILES string of the molecule is N.O=C(NC1CCCN1c1cc([N+](=O)[O-])ccn1)c1ccccc1. The van der Waals surface area contributed by atoms with Crippen molar-refractivity contribution in [2.24, 2.45) is 0 Å². The van der Waals surface area contributed by atoms with E-state index < -0.39 is 4.92 Å². The zero-order valence-electron chi connectivity index (χ0n) is 13.1. The van der Waals surface area contributed by atoms with Crippen molar-refractivity contribution >= 4 is 17.4 Å². The predicted octanol–water partition coefficient (Wildman–Crippen LogP) is 2.51. The van der Waals surface area contributed by atoms with Gasteiger partial charge in [0.25, 0.3) is 11.6 Å². The van der Waals surface area contributed by atoms with Gasteiger partial charge in [-0.25, -0.2) is 4.98 Å². The van der Waals surface area contributed by atoms with Gasteiger partial charge in [0, 0.05) is 24.4 Å². The maximum atomic E-state index is 12.3. The fraction of sp³-hybridized carbons (Fsp3) is 0.250. The fourth-order valence-electron chi connectivity index (χ4n) is 2.69. The van der Waals surface area contributed by atoms with Crippen LogP contribution in [0.1, 0.15) is 23.2 Å². The molecule has 1 saturated heterocycles. The summed E-state index contributed by atoms with van der Waals surface area (Å²) in [7, 11) is 0. The molecule has 1 aliphatic heterocycles. The second kappa shape index (κ2) is 7.51. The first kappa shape index (κ1) is 17.4. The summed E-state index contributed by atoms with van der Waals surface area (Å²) in [5, 5.41) is 13.9. The van der Waals surface area contributed by atoms with Gasteiger partial charge >= 0.3 is 0 Å². The van der Waals surface area contributed by atoms with Gasteiger partial charge < -0.3 is 16.4 Å². The molecule has 8 nitrogen and oxygen atoms in total. The number of carbonyl (C=O) groups is 1. The summed E-state index contributed by atoms with van der Waals surface area (Å²) in [5.74, 6) is 0.350. The van der Waals surface area contributed by atoms with Crippen LogP contribution in [0.25, 0.3) is 0 Å². The first-order chi connectivity index (χ1) is 11.1. The zero-order valence-corrected chi connectivity index (χ0v) is 13.1. The van der Waals surface area contributed by atoms with Crippen molar-refractivity contribution < 1.29 is 9.72 Å². The smallest absolute Gasteiger partial charge is 0.274 e. The van der Waals surface area contributed by atoms with E-state index in [0.717, 1.165) is 12.8 Å². The topological polar surface area (TPSA) is 123 Å². The summed E-state index contributed by atoms with van der Waals surface area (Å²) in [6.45, 7) is 0.702. The van der Waals surface area contributed by atoms with E-state index in [4.69, 9.17) is 0 Å². The monoisotopic (exact) mass is 329 g/mol. The third-order valence-electron chi connectivity index (χ3n) is 3.82. The molecule has 0 spiro atoms. The second-order valence-electron chi connectivity index (χ2n) is 5.32. The number of rotatable bonds is 4. The Hall–Kier alpha value is -3.00. The first-order valence-corrected chi connectivity index (χ1v) is 7.38. The molecule has 1 atom stereocenters. The van der Waals surface area contributed by atoms with Crippen LogP contribution in [0, 0.1) is 10.1 Å². The first-order valence-electron chi connectivity index (χ1n) is 7.38. The highest BCUT2D eigenvalue weighted by atomic mass is 16.6. The average Bonchev–Trinajstić information content (AvgIpc) is 3.04. The van der Waals surface area contributed by atoms with Crippen LogP contribution < -0.4 is 16.4 Å². The van der Waals surface area contributed by atoms with E-state index in [1.54, 1.807) is 12.1 Å². The lowest BCUT2D eigenvalue weighted by molar-refractivity contribution is -0.384. The molecule has 8 heteroatoms. The highest BCUT2D eigenvalue weighted by Crippen LogP contribution is 2.25. The number of benzene rings is 1. The van der Waals surface area contributed by atoms with Crippen molar-refractivity contribution in [2.45, 2.75) is 19.0 Å². The number of amides is 1. The Kier molecular flexibility index (Phi) is 5.43. The summed E-state index contributed by atoms with van der Waals surface area (Å²) in [6, 6.07) is 11.8. The minimum Gasteiger partial charge on any atom is -0.344 e. The predicted molar refractivity (Wildman–Crippen MR) is 90.2 cm³/mol. The molecule has 24 heavy (non-hydrogen) atoms. The summed E-state index contributed by atoms with van der Waals surface area (Å²) < 4.78 is 0. The molecule has 0 aliphatic carbocycles. The third-order valence-corrected chi connectivity index (χ3v) is 3.82. The van der Waals surface area contributed by atoms with Crippen molar-refractivity contribution in [3.05, 3.63) is 64.3 Å². The van der Waals surface area contributed by atoms with Crippen LogP contribution in [0.15, 0.2) is 48.7 Å². The second-order valence-corrected chi connectivity index (χ2v) is 5.32. The van der Waals surface area contributed by atoms with Crippen molar-refractivity contribution in [1.29, 1.82) is 0 Å². The average molecular weight is 329 g/mol. The van der Waals surface area contributed by atoms with E-state index in [0.29, 0.717) is 17.9 Å². The van der Waals surface area contributed by atoms with Crippen molar-refractivity contribution in [3.63, 3.8) is 0 Å². The molecule has 0 radical (unpaired) electrons. The van der Waals surface area contributed by atoms with Gasteiger partial charge in [0.05, 0.1) is 11.0 Å². The molecule has 1 aromatic carbocycles. The van der Waals surface area contributed by atoms with E-state index in [9.17, 15) is 14.9 Å². The summed E-state index contributed by atoms with van der Waals surface area (Å²) in [5.41, 5.74) is 0.585. The van der Waals surface area contributed by atoms with Crippen LogP contribution in [0.3, 0.4) is 0 Å². The quantitative estimate of drug-likeness (QED) is 0.656. The fourth-order valence-corrected chi connectivity index (χ4v) is 2.69. The Bertz CT molecular complexity index is 723. The summed E-state index contributed by atoms with van der Waals surface area (Å²) in [6.07, 6.45) is 2.88. The summed E-state index contributed by atoms with van der Waals surface area (Å²) in [4.78, 5) is 28.8. The van der Waals surface area contributed by atoms with Crippen LogP contribution in [0.5, 0.6) is 0 Å². The molecule has 3 rings (SSSR count). The molecule has 4 N–H and O–H groups in total. The number of carbonyl (C=O) groups excluding carboxylic acids is 1.